The number of carbonyl (C=O) groups excluding carboxylic acids is 1. The fourth-order valence-electron chi connectivity index (χ4n) is 2.37. The molecule has 0 saturated carbocycles. The van der Waals surface area contributed by atoms with E-state index < -0.39 is 5.97 Å². The second-order valence-corrected chi connectivity index (χ2v) is 5.64. The van der Waals surface area contributed by atoms with Crippen molar-refractivity contribution in [3.8, 4) is 0 Å². The highest BCUT2D eigenvalue weighted by molar-refractivity contribution is 7.80. The molecule has 0 aliphatic rings. The Bertz CT molecular complexity index is 707. The number of benzene rings is 2. The molecular formula is C18H20N3O2S-. The number of hydrazine groups is 1. The highest BCUT2D eigenvalue weighted by Gasteiger charge is 2.07. The van der Waals surface area contributed by atoms with Gasteiger partial charge in [0.05, 0.1) is 11.7 Å². The first-order valence-corrected chi connectivity index (χ1v) is 8.21. The third-order valence-corrected chi connectivity index (χ3v) is 3.88. The minimum Gasteiger partial charge on any atom is -0.545 e. The van der Waals surface area contributed by atoms with Crippen molar-refractivity contribution in [2.45, 2.75) is 26.7 Å². The summed E-state index contributed by atoms with van der Waals surface area (Å²) in [4.78, 5) is 10.7. The summed E-state index contributed by atoms with van der Waals surface area (Å²) in [6, 6.07) is 12.4. The van der Waals surface area contributed by atoms with E-state index in [0.29, 0.717) is 10.8 Å². The smallest absolute Gasteiger partial charge is 0.189 e. The molecule has 2 aromatic carbocycles. The Morgan fingerprint density at radius 2 is 1.62 bits per heavy atom. The van der Waals surface area contributed by atoms with Crippen LogP contribution < -0.4 is 21.3 Å². The minimum absolute atomic E-state index is 0.130. The zero-order valence-electron chi connectivity index (χ0n) is 13.7. The Labute approximate surface area is 147 Å². The minimum atomic E-state index is -1.20. The number of thiocarbonyl (C=S) groups is 1. The maximum Gasteiger partial charge on any atom is 0.189 e. The van der Waals surface area contributed by atoms with Crippen LogP contribution in [0.3, 0.4) is 0 Å². The second-order valence-electron chi connectivity index (χ2n) is 5.23. The summed E-state index contributed by atoms with van der Waals surface area (Å²) >= 11 is 5.33. The van der Waals surface area contributed by atoms with Crippen LogP contribution in [0, 0.1) is 0 Å². The third kappa shape index (κ3) is 4.45. The summed E-state index contributed by atoms with van der Waals surface area (Å²) in [5.41, 5.74) is 10.1. The lowest BCUT2D eigenvalue weighted by molar-refractivity contribution is -0.255. The van der Waals surface area contributed by atoms with Gasteiger partial charge in [-0.05, 0) is 53.9 Å². The van der Waals surface area contributed by atoms with Crippen LogP contribution in [0.5, 0.6) is 0 Å². The Kier molecular flexibility index (Phi) is 6.14. The number of carboxylic acid groups (broad SMARTS) is 1. The van der Waals surface area contributed by atoms with Gasteiger partial charge in [-0.2, -0.15) is 0 Å². The van der Waals surface area contributed by atoms with Gasteiger partial charge in [-0.15, -0.1) is 0 Å². The van der Waals surface area contributed by atoms with E-state index >= 15 is 0 Å². The average molecular weight is 342 g/mol. The number of nitrogens with one attached hydrogen (secondary N) is 3. The van der Waals surface area contributed by atoms with Crippen LogP contribution in [0.4, 0.5) is 11.4 Å². The summed E-state index contributed by atoms with van der Waals surface area (Å²) in [6.45, 7) is 4.21. The van der Waals surface area contributed by atoms with Crippen LogP contribution >= 0.6 is 12.2 Å². The normalized spacial score (nSPS) is 10.1. The molecule has 5 nitrogen and oxygen atoms in total. The highest BCUT2D eigenvalue weighted by atomic mass is 32.1. The largest absolute Gasteiger partial charge is 0.545 e. The number of rotatable bonds is 6. The van der Waals surface area contributed by atoms with E-state index in [1.54, 1.807) is 12.1 Å². The Hall–Kier alpha value is -2.60. The molecule has 126 valence electrons. The van der Waals surface area contributed by atoms with Crippen LogP contribution in [-0.2, 0) is 12.8 Å². The van der Waals surface area contributed by atoms with Crippen molar-refractivity contribution in [1.29, 1.82) is 0 Å². The molecule has 2 aromatic rings. The fourth-order valence-corrected chi connectivity index (χ4v) is 2.52. The molecular weight excluding hydrogens is 322 g/mol. The van der Waals surface area contributed by atoms with Gasteiger partial charge in [-0.25, -0.2) is 0 Å². The summed E-state index contributed by atoms with van der Waals surface area (Å²) in [6.07, 6.45) is 1.83. The number of carbonyl (C=O) groups is 1. The molecule has 0 spiro atoms. The van der Waals surface area contributed by atoms with Crippen LogP contribution in [0.1, 0.15) is 35.3 Å². The fraction of sp³-hybridized carbons (Fsp3) is 0.222. The molecule has 0 aliphatic carbocycles. The second kappa shape index (κ2) is 8.31. The summed E-state index contributed by atoms with van der Waals surface area (Å²) in [5, 5.41) is 14.4. The molecule has 0 aliphatic heterocycles. The maximum absolute atomic E-state index is 10.7. The Morgan fingerprint density at radius 1 is 1.04 bits per heavy atom. The van der Waals surface area contributed by atoms with Gasteiger partial charge in [0.25, 0.3) is 0 Å². The number of hydrogen-bond acceptors (Lipinski definition) is 4. The molecule has 0 radical (unpaired) electrons. The van der Waals surface area contributed by atoms with Crippen LogP contribution in [0.2, 0.25) is 0 Å². The topological polar surface area (TPSA) is 76.2 Å². The molecule has 0 aromatic heterocycles. The molecule has 0 heterocycles. The van der Waals surface area contributed by atoms with E-state index in [9.17, 15) is 9.90 Å². The Balaban J connectivity index is 2.00. The lowest BCUT2D eigenvalue weighted by Gasteiger charge is -2.17. The first-order chi connectivity index (χ1) is 11.5. The van der Waals surface area contributed by atoms with Gasteiger partial charge in [0, 0.05) is 5.69 Å². The number of para-hydroxylation sites is 1. The number of aromatic carboxylic acids is 1. The summed E-state index contributed by atoms with van der Waals surface area (Å²) in [5.74, 6) is -1.20. The summed E-state index contributed by atoms with van der Waals surface area (Å²) < 4.78 is 0. The van der Waals surface area contributed by atoms with Gasteiger partial charge < -0.3 is 15.2 Å². The SMILES string of the molecule is CCc1cccc(CC)c1NC(=S)NNc1ccc(C(=O)[O-])cc1. The molecule has 0 bridgehead atoms. The standard InChI is InChI=1S/C18H21N3O2S/c1-3-12-6-5-7-13(4-2)16(12)19-18(24)21-20-15-10-8-14(9-11-15)17(22)23/h5-11,20H,3-4H2,1-2H3,(H,22,23)(H2,19,21,24)/p-1. The van der Waals surface area contributed by atoms with Gasteiger partial charge >= 0.3 is 0 Å². The quantitative estimate of drug-likeness (QED) is 0.553. The molecule has 6 heteroatoms. The predicted molar refractivity (Wildman–Crippen MR) is 98.9 cm³/mol. The van der Waals surface area contributed by atoms with Crippen molar-refractivity contribution in [3.63, 3.8) is 0 Å². The van der Waals surface area contributed by atoms with Gasteiger partial charge in [0.2, 0.25) is 0 Å². The van der Waals surface area contributed by atoms with E-state index in [4.69, 9.17) is 12.2 Å². The van der Waals surface area contributed by atoms with Crippen molar-refractivity contribution in [3.05, 3.63) is 59.2 Å². The lowest BCUT2D eigenvalue weighted by atomic mass is 10.0. The van der Waals surface area contributed by atoms with Gasteiger partial charge in [0.15, 0.2) is 5.11 Å². The molecule has 0 fully saturated rings. The first kappa shape index (κ1) is 17.7. The highest BCUT2D eigenvalue weighted by Crippen LogP contribution is 2.22. The zero-order valence-corrected chi connectivity index (χ0v) is 14.5. The molecule has 0 atom stereocenters. The van der Waals surface area contributed by atoms with Gasteiger partial charge in [-0.3, -0.25) is 10.9 Å². The molecule has 0 amide bonds. The monoisotopic (exact) mass is 342 g/mol. The van der Waals surface area contributed by atoms with Crippen molar-refractivity contribution in [2.24, 2.45) is 0 Å². The van der Waals surface area contributed by atoms with Crippen molar-refractivity contribution >= 4 is 34.7 Å². The van der Waals surface area contributed by atoms with Crippen LogP contribution in [0.25, 0.3) is 0 Å². The number of carboxylic acids is 1. The first-order valence-electron chi connectivity index (χ1n) is 7.80. The van der Waals surface area contributed by atoms with E-state index in [1.165, 1.54) is 23.3 Å². The molecule has 0 saturated heterocycles. The van der Waals surface area contributed by atoms with E-state index in [0.717, 1.165) is 18.5 Å². The van der Waals surface area contributed by atoms with Crippen LogP contribution in [0.15, 0.2) is 42.5 Å². The molecule has 2 rings (SSSR count). The van der Waals surface area contributed by atoms with E-state index in [2.05, 4.69) is 48.2 Å². The maximum atomic E-state index is 10.7. The number of hydrogen-bond donors (Lipinski definition) is 3. The average Bonchev–Trinajstić information content (AvgIpc) is 2.60. The number of anilines is 2. The van der Waals surface area contributed by atoms with Gasteiger partial charge in [0.1, 0.15) is 0 Å². The van der Waals surface area contributed by atoms with Crippen LogP contribution in [-0.4, -0.2) is 11.1 Å². The van der Waals surface area contributed by atoms with Gasteiger partial charge in [-0.1, -0.05) is 44.2 Å². The van der Waals surface area contributed by atoms with E-state index in [1.807, 2.05) is 0 Å². The molecule has 3 N–H and O–H groups in total. The predicted octanol–water partition coefficient (Wildman–Crippen LogP) is 2.49. The summed E-state index contributed by atoms with van der Waals surface area (Å²) in [7, 11) is 0. The molecule has 24 heavy (non-hydrogen) atoms. The van der Waals surface area contributed by atoms with Crippen molar-refractivity contribution in [1.82, 2.24) is 5.43 Å². The van der Waals surface area contributed by atoms with Crippen molar-refractivity contribution in [2.75, 3.05) is 10.7 Å². The number of aryl methyl sites for hydroxylation is 2. The third-order valence-electron chi connectivity index (χ3n) is 3.68. The zero-order chi connectivity index (χ0) is 17.5. The van der Waals surface area contributed by atoms with E-state index in [-0.39, 0.29) is 5.56 Å². The lowest BCUT2D eigenvalue weighted by Crippen LogP contribution is -2.34. The Morgan fingerprint density at radius 3 is 2.12 bits per heavy atom. The molecule has 0 unspecified atom stereocenters. The van der Waals surface area contributed by atoms with Crippen molar-refractivity contribution < 1.29 is 9.90 Å².